The van der Waals surface area contributed by atoms with Gasteiger partial charge in [-0.2, -0.15) is 0 Å². The molecule has 124 valence electrons. The molecule has 2 rings (SSSR count). The minimum absolute atomic E-state index is 0.210. The Balaban J connectivity index is 2.31. The highest BCUT2D eigenvalue weighted by Crippen LogP contribution is 2.23. The van der Waals surface area contributed by atoms with E-state index in [0.29, 0.717) is 11.3 Å². The first-order chi connectivity index (χ1) is 10.1. The van der Waals surface area contributed by atoms with Crippen LogP contribution in [0, 0.1) is 0 Å². The fourth-order valence-electron chi connectivity index (χ4n) is 2.65. The number of sulfonamides is 1. The summed E-state index contributed by atoms with van der Waals surface area (Å²) in [6.45, 7) is 3.56. The summed E-state index contributed by atoms with van der Waals surface area (Å²) in [5.41, 5.74) is 6.54. The first-order valence-corrected chi connectivity index (χ1v) is 10.5. The summed E-state index contributed by atoms with van der Waals surface area (Å²) >= 11 is 0. The van der Waals surface area contributed by atoms with E-state index in [0.717, 1.165) is 6.26 Å². The van der Waals surface area contributed by atoms with Gasteiger partial charge in [-0.15, -0.1) is 0 Å². The molecule has 0 amide bonds. The van der Waals surface area contributed by atoms with Crippen LogP contribution in [0.2, 0.25) is 0 Å². The van der Waals surface area contributed by atoms with Crippen LogP contribution in [-0.2, 0) is 25.6 Å². The summed E-state index contributed by atoms with van der Waals surface area (Å²) in [4.78, 5) is 0. The molecule has 2 unspecified atom stereocenters. The maximum absolute atomic E-state index is 12.6. The number of nitrogens with one attached hydrogen (secondary N) is 3. The quantitative estimate of drug-likeness (QED) is 0.704. The standard InChI is InChI=1S/C13H21N3O4S2/c1-9-13(10(2)15-14-9)22(19,20)16-12-7-5-4-6-11(12)8-21(3,17)18/h4-7,9-10,13-16H,8H2,1-3H3. The van der Waals surface area contributed by atoms with Gasteiger partial charge in [0.1, 0.15) is 5.25 Å². The first kappa shape index (κ1) is 17.2. The minimum atomic E-state index is -3.66. The summed E-state index contributed by atoms with van der Waals surface area (Å²) in [5.74, 6) is -0.210. The Hall–Kier alpha value is -1.16. The van der Waals surface area contributed by atoms with Crippen molar-refractivity contribution in [3.05, 3.63) is 29.8 Å². The summed E-state index contributed by atoms with van der Waals surface area (Å²) in [7, 11) is -6.91. The van der Waals surface area contributed by atoms with Crippen molar-refractivity contribution in [2.45, 2.75) is 36.9 Å². The van der Waals surface area contributed by atoms with Gasteiger partial charge in [0.25, 0.3) is 0 Å². The second-order valence-corrected chi connectivity index (χ2v) is 9.68. The number of hydrogen-bond donors (Lipinski definition) is 3. The van der Waals surface area contributed by atoms with Crippen LogP contribution in [-0.4, -0.2) is 40.4 Å². The third-order valence-corrected chi connectivity index (χ3v) is 6.44. The summed E-state index contributed by atoms with van der Waals surface area (Å²) in [6, 6.07) is 6.02. The summed E-state index contributed by atoms with van der Waals surface area (Å²) in [6.07, 6.45) is 1.12. The highest BCUT2D eigenvalue weighted by atomic mass is 32.2. The van der Waals surface area contributed by atoms with Gasteiger partial charge in [-0.05, 0) is 25.5 Å². The van der Waals surface area contributed by atoms with Gasteiger partial charge in [-0.25, -0.2) is 16.8 Å². The molecule has 1 fully saturated rings. The monoisotopic (exact) mass is 347 g/mol. The Labute approximate surface area is 131 Å². The van der Waals surface area contributed by atoms with Crippen molar-refractivity contribution in [2.24, 2.45) is 0 Å². The van der Waals surface area contributed by atoms with Crippen LogP contribution in [0.3, 0.4) is 0 Å². The molecule has 1 aromatic rings. The molecule has 0 saturated carbocycles. The largest absolute Gasteiger partial charge is 0.283 e. The van der Waals surface area contributed by atoms with Gasteiger partial charge >= 0.3 is 0 Å². The lowest BCUT2D eigenvalue weighted by molar-refractivity contribution is 0.564. The van der Waals surface area contributed by atoms with E-state index < -0.39 is 25.1 Å². The molecule has 1 aliphatic heterocycles. The number of para-hydroxylation sites is 1. The number of rotatable bonds is 5. The van der Waals surface area contributed by atoms with Gasteiger partial charge in [-0.1, -0.05) is 18.2 Å². The Morgan fingerprint density at radius 2 is 1.59 bits per heavy atom. The number of anilines is 1. The van der Waals surface area contributed by atoms with Crippen molar-refractivity contribution in [3.63, 3.8) is 0 Å². The van der Waals surface area contributed by atoms with Gasteiger partial charge in [0, 0.05) is 18.3 Å². The zero-order valence-corrected chi connectivity index (χ0v) is 14.3. The molecular formula is C13H21N3O4S2. The Morgan fingerprint density at radius 3 is 2.14 bits per heavy atom. The van der Waals surface area contributed by atoms with Gasteiger partial charge < -0.3 is 0 Å². The molecule has 9 heteroatoms. The van der Waals surface area contributed by atoms with E-state index in [1.54, 1.807) is 38.1 Å². The molecule has 1 saturated heterocycles. The van der Waals surface area contributed by atoms with Crippen LogP contribution in [0.4, 0.5) is 5.69 Å². The van der Waals surface area contributed by atoms with Crippen molar-refractivity contribution >= 4 is 25.5 Å². The van der Waals surface area contributed by atoms with E-state index in [1.165, 1.54) is 0 Å². The molecule has 1 aromatic carbocycles. The molecule has 3 N–H and O–H groups in total. The van der Waals surface area contributed by atoms with E-state index in [4.69, 9.17) is 0 Å². The maximum Gasteiger partial charge on any atom is 0.238 e. The normalized spacial score (nSPS) is 26.0. The second kappa shape index (κ2) is 6.15. The first-order valence-electron chi connectivity index (χ1n) is 6.88. The molecule has 2 atom stereocenters. The lowest BCUT2D eigenvalue weighted by Gasteiger charge is -2.20. The lowest BCUT2D eigenvalue weighted by Crippen LogP contribution is -2.41. The van der Waals surface area contributed by atoms with E-state index in [-0.39, 0.29) is 17.8 Å². The van der Waals surface area contributed by atoms with E-state index in [9.17, 15) is 16.8 Å². The fourth-order valence-corrected chi connectivity index (χ4v) is 5.32. The number of hydrazine groups is 1. The topological polar surface area (TPSA) is 104 Å². The van der Waals surface area contributed by atoms with Crippen molar-refractivity contribution in [2.75, 3.05) is 11.0 Å². The highest BCUT2D eigenvalue weighted by molar-refractivity contribution is 7.93. The number of sulfone groups is 1. The lowest BCUT2D eigenvalue weighted by atomic mass is 10.2. The maximum atomic E-state index is 12.6. The predicted octanol–water partition coefficient (Wildman–Crippen LogP) is 0.226. The van der Waals surface area contributed by atoms with Crippen molar-refractivity contribution in [3.8, 4) is 0 Å². The van der Waals surface area contributed by atoms with Gasteiger partial charge in [-0.3, -0.25) is 15.6 Å². The second-order valence-electron chi connectivity index (χ2n) is 5.70. The molecule has 0 bridgehead atoms. The van der Waals surface area contributed by atoms with Gasteiger partial charge in [0.05, 0.1) is 11.4 Å². The Bertz CT molecular complexity index is 736. The molecular weight excluding hydrogens is 326 g/mol. The molecule has 0 aromatic heterocycles. The zero-order chi connectivity index (χ0) is 16.5. The Morgan fingerprint density at radius 1 is 1.05 bits per heavy atom. The average molecular weight is 347 g/mol. The van der Waals surface area contributed by atoms with Crippen LogP contribution in [0.15, 0.2) is 24.3 Å². The van der Waals surface area contributed by atoms with Crippen molar-refractivity contribution in [1.29, 1.82) is 0 Å². The highest BCUT2D eigenvalue weighted by Gasteiger charge is 2.40. The summed E-state index contributed by atoms with van der Waals surface area (Å²) < 4.78 is 50.7. The summed E-state index contributed by atoms with van der Waals surface area (Å²) in [5, 5.41) is -0.654. The molecule has 1 heterocycles. The average Bonchev–Trinajstić information content (AvgIpc) is 2.70. The smallest absolute Gasteiger partial charge is 0.238 e. The van der Waals surface area contributed by atoms with E-state index in [2.05, 4.69) is 15.6 Å². The van der Waals surface area contributed by atoms with Crippen LogP contribution in [0.1, 0.15) is 19.4 Å². The van der Waals surface area contributed by atoms with E-state index >= 15 is 0 Å². The third kappa shape index (κ3) is 3.97. The fraction of sp³-hybridized carbons (Fsp3) is 0.538. The van der Waals surface area contributed by atoms with Gasteiger partial charge in [0.15, 0.2) is 9.84 Å². The van der Waals surface area contributed by atoms with Crippen LogP contribution in [0.25, 0.3) is 0 Å². The van der Waals surface area contributed by atoms with Crippen molar-refractivity contribution < 1.29 is 16.8 Å². The number of benzene rings is 1. The molecule has 22 heavy (non-hydrogen) atoms. The van der Waals surface area contributed by atoms with Crippen LogP contribution < -0.4 is 15.6 Å². The number of hydrogen-bond acceptors (Lipinski definition) is 6. The third-order valence-electron chi connectivity index (χ3n) is 3.57. The minimum Gasteiger partial charge on any atom is -0.283 e. The predicted molar refractivity (Wildman–Crippen MR) is 86.5 cm³/mol. The van der Waals surface area contributed by atoms with Crippen molar-refractivity contribution in [1.82, 2.24) is 10.9 Å². The van der Waals surface area contributed by atoms with Crippen LogP contribution in [0.5, 0.6) is 0 Å². The zero-order valence-electron chi connectivity index (χ0n) is 12.7. The SMILES string of the molecule is CC1NNC(C)C1S(=O)(=O)Nc1ccccc1CS(C)(=O)=O. The van der Waals surface area contributed by atoms with Gasteiger partial charge in [0.2, 0.25) is 10.0 Å². The molecule has 0 spiro atoms. The molecule has 0 aliphatic carbocycles. The Kier molecular flexibility index (Phi) is 4.81. The molecule has 1 aliphatic rings. The molecule has 7 nitrogen and oxygen atoms in total. The van der Waals surface area contributed by atoms with E-state index in [1.807, 2.05) is 0 Å². The van der Waals surface area contributed by atoms with Crippen LogP contribution >= 0.6 is 0 Å². The molecule has 0 radical (unpaired) electrons.